The van der Waals surface area contributed by atoms with Gasteiger partial charge in [-0.2, -0.15) is 0 Å². The van der Waals surface area contributed by atoms with Gasteiger partial charge in [-0.25, -0.2) is 0 Å². The number of hydrogen-bond donors (Lipinski definition) is 1. The van der Waals surface area contributed by atoms with Gasteiger partial charge in [0.25, 0.3) is 5.91 Å². The van der Waals surface area contributed by atoms with E-state index in [1.807, 2.05) is 19.1 Å². The first kappa shape index (κ1) is 15.4. The Labute approximate surface area is 136 Å². The Balaban J connectivity index is 1.76. The maximum Gasteiger partial charge on any atom is 0.251 e. The van der Waals surface area contributed by atoms with Gasteiger partial charge in [0.05, 0.1) is 19.8 Å². The SMILES string of the molecule is CCOc1ccc(C(=O)NC2CCc3ccccc32)cc1OC. The van der Waals surface area contributed by atoms with Crippen LogP contribution >= 0.6 is 0 Å². The molecule has 4 heteroatoms. The van der Waals surface area contributed by atoms with E-state index in [4.69, 9.17) is 9.47 Å². The van der Waals surface area contributed by atoms with Crippen LogP contribution in [-0.2, 0) is 6.42 Å². The van der Waals surface area contributed by atoms with Crippen LogP contribution in [0.2, 0.25) is 0 Å². The molecular formula is C19H21NO3. The molecule has 0 aliphatic heterocycles. The van der Waals surface area contributed by atoms with Crippen molar-refractivity contribution in [1.29, 1.82) is 0 Å². The summed E-state index contributed by atoms with van der Waals surface area (Å²) in [5, 5.41) is 3.12. The van der Waals surface area contributed by atoms with E-state index >= 15 is 0 Å². The Hall–Kier alpha value is -2.49. The van der Waals surface area contributed by atoms with Gasteiger partial charge in [-0.15, -0.1) is 0 Å². The van der Waals surface area contributed by atoms with Crippen molar-refractivity contribution >= 4 is 5.91 Å². The lowest BCUT2D eigenvalue weighted by Crippen LogP contribution is -2.27. The highest BCUT2D eigenvalue weighted by Gasteiger charge is 2.24. The summed E-state index contributed by atoms with van der Waals surface area (Å²) in [4.78, 5) is 12.5. The molecule has 0 spiro atoms. The normalized spacial score (nSPS) is 15.8. The highest BCUT2D eigenvalue weighted by atomic mass is 16.5. The number of carbonyl (C=O) groups is 1. The maximum absolute atomic E-state index is 12.5. The lowest BCUT2D eigenvalue weighted by atomic mass is 10.1. The number of benzene rings is 2. The first-order valence-electron chi connectivity index (χ1n) is 7.92. The molecule has 0 heterocycles. The first-order chi connectivity index (χ1) is 11.2. The van der Waals surface area contributed by atoms with E-state index in [0.717, 1.165) is 12.8 Å². The second-order valence-corrected chi connectivity index (χ2v) is 5.56. The Morgan fingerprint density at radius 1 is 1.22 bits per heavy atom. The summed E-state index contributed by atoms with van der Waals surface area (Å²) >= 11 is 0. The van der Waals surface area contributed by atoms with Gasteiger partial charge in [0.1, 0.15) is 0 Å². The third-order valence-corrected chi connectivity index (χ3v) is 4.16. The molecule has 0 fully saturated rings. The van der Waals surface area contributed by atoms with Gasteiger partial charge in [0.15, 0.2) is 11.5 Å². The molecule has 1 N–H and O–H groups in total. The Bertz CT molecular complexity index is 712. The third kappa shape index (κ3) is 3.16. The van der Waals surface area contributed by atoms with Gasteiger partial charge < -0.3 is 14.8 Å². The van der Waals surface area contributed by atoms with Crippen LogP contribution in [0.25, 0.3) is 0 Å². The van der Waals surface area contributed by atoms with Crippen molar-refractivity contribution in [3.8, 4) is 11.5 Å². The van der Waals surface area contributed by atoms with Crippen LogP contribution in [0, 0.1) is 0 Å². The largest absolute Gasteiger partial charge is 0.493 e. The fraction of sp³-hybridized carbons (Fsp3) is 0.316. The van der Waals surface area contributed by atoms with E-state index in [0.29, 0.717) is 23.7 Å². The fourth-order valence-electron chi connectivity index (χ4n) is 3.03. The third-order valence-electron chi connectivity index (χ3n) is 4.16. The zero-order chi connectivity index (χ0) is 16.2. The molecule has 0 radical (unpaired) electrons. The van der Waals surface area contributed by atoms with E-state index in [-0.39, 0.29) is 11.9 Å². The van der Waals surface area contributed by atoms with Crippen molar-refractivity contribution in [2.45, 2.75) is 25.8 Å². The zero-order valence-electron chi connectivity index (χ0n) is 13.5. The van der Waals surface area contributed by atoms with E-state index < -0.39 is 0 Å². The molecule has 0 saturated carbocycles. The molecule has 4 nitrogen and oxygen atoms in total. The van der Waals surface area contributed by atoms with Gasteiger partial charge >= 0.3 is 0 Å². The number of amides is 1. The molecule has 2 aromatic rings. The van der Waals surface area contributed by atoms with Crippen molar-refractivity contribution in [2.24, 2.45) is 0 Å². The number of nitrogens with one attached hydrogen (secondary N) is 1. The number of hydrogen-bond acceptors (Lipinski definition) is 3. The van der Waals surface area contributed by atoms with Crippen LogP contribution in [0.4, 0.5) is 0 Å². The number of fused-ring (bicyclic) bond motifs is 1. The van der Waals surface area contributed by atoms with Crippen LogP contribution in [0.15, 0.2) is 42.5 Å². The average Bonchev–Trinajstić information content (AvgIpc) is 2.98. The maximum atomic E-state index is 12.5. The standard InChI is InChI=1S/C19H21NO3/c1-3-23-17-11-9-14(12-18(17)22-2)19(21)20-16-10-8-13-6-4-5-7-15(13)16/h4-7,9,11-12,16H,3,8,10H2,1-2H3,(H,20,21). The van der Waals surface area contributed by atoms with Crippen molar-refractivity contribution in [3.05, 3.63) is 59.2 Å². The number of carbonyl (C=O) groups excluding carboxylic acids is 1. The number of methoxy groups -OCH3 is 1. The molecule has 1 unspecified atom stereocenters. The molecule has 1 atom stereocenters. The summed E-state index contributed by atoms with van der Waals surface area (Å²) in [6.07, 6.45) is 1.95. The van der Waals surface area contributed by atoms with Crippen molar-refractivity contribution in [3.63, 3.8) is 0 Å². The van der Waals surface area contributed by atoms with Gasteiger partial charge in [-0.1, -0.05) is 24.3 Å². The van der Waals surface area contributed by atoms with Gasteiger partial charge in [0.2, 0.25) is 0 Å². The van der Waals surface area contributed by atoms with Gasteiger partial charge in [-0.3, -0.25) is 4.79 Å². The highest BCUT2D eigenvalue weighted by Crippen LogP contribution is 2.32. The molecule has 0 aromatic heterocycles. The van der Waals surface area contributed by atoms with Crippen molar-refractivity contribution in [1.82, 2.24) is 5.32 Å². The van der Waals surface area contributed by atoms with Crippen LogP contribution < -0.4 is 14.8 Å². The molecule has 1 aliphatic rings. The van der Waals surface area contributed by atoms with Crippen molar-refractivity contribution < 1.29 is 14.3 Å². The molecule has 23 heavy (non-hydrogen) atoms. The number of aryl methyl sites for hydroxylation is 1. The average molecular weight is 311 g/mol. The summed E-state index contributed by atoms with van der Waals surface area (Å²) in [7, 11) is 1.58. The van der Waals surface area contributed by atoms with E-state index in [1.54, 1.807) is 25.3 Å². The predicted octanol–water partition coefficient (Wildman–Crippen LogP) is 3.51. The summed E-state index contributed by atoms with van der Waals surface area (Å²) in [5.41, 5.74) is 3.12. The number of rotatable bonds is 5. The Morgan fingerprint density at radius 3 is 2.83 bits per heavy atom. The second kappa shape index (κ2) is 6.73. The van der Waals surface area contributed by atoms with Gasteiger partial charge in [0, 0.05) is 5.56 Å². The molecule has 3 rings (SSSR count). The first-order valence-corrected chi connectivity index (χ1v) is 7.92. The molecule has 1 aliphatic carbocycles. The van der Waals surface area contributed by atoms with Crippen molar-refractivity contribution in [2.75, 3.05) is 13.7 Å². The minimum absolute atomic E-state index is 0.0799. The molecular weight excluding hydrogens is 290 g/mol. The van der Waals surface area contributed by atoms with Crippen LogP contribution in [0.3, 0.4) is 0 Å². The number of ether oxygens (including phenoxy) is 2. The fourth-order valence-corrected chi connectivity index (χ4v) is 3.03. The Morgan fingerprint density at radius 2 is 2.04 bits per heavy atom. The predicted molar refractivity (Wildman–Crippen MR) is 89.1 cm³/mol. The molecule has 1 amide bonds. The lowest BCUT2D eigenvalue weighted by molar-refractivity contribution is 0.0936. The second-order valence-electron chi connectivity index (χ2n) is 5.56. The minimum atomic E-state index is -0.0898. The Kier molecular flexibility index (Phi) is 4.51. The van der Waals surface area contributed by atoms with Crippen LogP contribution in [0.5, 0.6) is 11.5 Å². The molecule has 2 aromatic carbocycles. The minimum Gasteiger partial charge on any atom is -0.493 e. The van der Waals surface area contributed by atoms with Crippen LogP contribution in [-0.4, -0.2) is 19.6 Å². The van der Waals surface area contributed by atoms with Crippen LogP contribution in [0.1, 0.15) is 40.9 Å². The summed E-state index contributed by atoms with van der Waals surface area (Å²) in [5.74, 6) is 1.14. The van der Waals surface area contributed by atoms with Gasteiger partial charge in [-0.05, 0) is 49.1 Å². The topological polar surface area (TPSA) is 47.6 Å². The molecule has 120 valence electrons. The molecule has 0 bridgehead atoms. The lowest BCUT2D eigenvalue weighted by Gasteiger charge is -2.15. The van der Waals surface area contributed by atoms with E-state index in [1.165, 1.54) is 11.1 Å². The van der Waals surface area contributed by atoms with E-state index in [2.05, 4.69) is 17.4 Å². The quantitative estimate of drug-likeness (QED) is 0.919. The van der Waals surface area contributed by atoms with E-state index in [9.17, 15) is 4.79 Å². The summed E-state index contributed by atoms with van der Waals surface area (Å²) < 4.78 is 10.8. The monoisotopic (exact) mass is 311 g/mol. The molecule has 0 saturated heterocycles. The summed E-state index contributed by atoms with van der Waals surface area (Å²) in [6.45, 7) is 2.47. The summed E-state index contributed by atoms with van der Waals surface area (Å²) in [6, 6.07) is 13.6. The zero-order valence-corrected chi connectivity index (χ0v) is 13.5. The highest BCUT2D eigenvalue weighted by molar-refractivity contribution is 5.95. The smallest absolute Gasteiger partial charge is 0.251 e.